The zero-order chi connectivity index (χ0) is 12.1. The predicted molar refractivity (Wildman–Crippen MR) is 60.0 cm³/mol. The fourth-order valence-corrected chi connectivity index (χ4v) is 4.74. The van der Waals surface area contributed by atoms with Gasteiger partial charge in [0, 0.05) is 20.6 Å². The van der Waals surface area contributed by atoms with Crippen molar-refractivity contribution in [3.63, 3.8) is 0 Å². The highest BCUT2D eigenvalue weighted by molar-refractivity contribution is 6.76. The van der Waals surface area contributed by atoms with Crippen LogP contribution in [0.3, 0.4) is 0 Å². The van der Waals surface area contributed by atoms with Gasteiger partial charge in [-0.1, -0.05) is 13.8 Å². The Balaban J connectivity index is 5.18. The molecule has 0 aliphatic carbocycles. The van der Waals surface area contributed by atoms with E-state index in [1.165, 1.54) is 21.1 Å². The van der Waals surface area contributed by atoms with E-state index >= 15 is 0 Å². The Kier molecular flexibility index (Phi) is 5.93. The second-order valence-corrected chi connectivity index (χ2v) is 7.16. The maximum absolute atomic E-state index is 11.7. The van der Waals surface area contributed by atoms with Crippen molar-refractivity contribution in [3.05, 3.63) is 0 Å². The summed E-state index contributed by atoms with van der Waals surface area (Å²) in [4.78, 5) is 23.3. The van der Waals surface area contributed by atoms with Crippen LogP contribution in [0.5, 0.6) is 0 Å². The molecule has 0 saturated carbocycles. The smallest absolute Gasteiger partial charge is 0.355 e. The van der Waals surface area contributed by atoms with Gasteiger partial charge < -0.3 is 8.85 Å². The lowest BCUT2D eigenvalue weighted by molar-refractivity contribution is -0.126. The third-order valence-corrected chi connectivity index (χ3v) is 6.68. The number of carbonyl (C=O) groups is 2. The third-order valence-electron chi connectivity index (χ3n) is 2.70. The molecular weight excluding hydrogens is 212 g/mol. The summed E-state index contributed by atoms with van der Waals surface area (Å²) in [5, 5.41) is 0. The van der Waals surface area contributed by atoms with Crippen LogP contribution in [0.4, 0.5) is 0 Å². The van der Waals surface area contributed by atoms with Crippen LogP contribution in [0.2, 0.25) is 11.6 Å². The predicted octanol–water partition coefficient (Wildman–Crippen LogP) is 1.68. The first-order valence-electron chi connectivity index (χ1n) is 5.12. The fourth-order valence-electron chi connectivity index (χ4n) is 1.80. The molecule has 0 spiro atoms. The highest BCUT2D eigenvalue weighted by Crippen LogP contribution is 2.29. The molecular formula is C10H20O4Si. The van der Waals surface area contributed by atoms with E-state index in [2.05, 4.69) is 0 Å². The lowest BCUT2D eigenvalue weighted by Crippen LogP contribution is -2.50. The van der Waals surface area contributed by atoms with E-state index in [1.807, 2.05) is 6.92 Å². The van der Waals surface area contributed by atoms with E-state index in [4.69, 9.17) is 8.85 Å². The van der Waals surface area contributed by atoms with Gasteiger partial charge in [-0.05, 0) is 13.0 Å². The number of hydrogen-bond acceptors (Lipinski definition) is 4. The van der Waals surface area contributed by atoms with Crippen molar-refractivity contribution in [3.8, 4) is 0 Å². The van der Waals surface area contributed by atoms with E-state index in [1.54, 1.807) is 6.92 Å². The minimum absolute atomic E-state index is 0.0836. The van der Waals surface area contributed by atoms with E-state index < -0.39 is 14.1 Å². The number of hydrogen-bond donors (Lipinski definition) is 0. The first kappa shape index (κ1) is 14.5. The van der Waals surface area contributed by atoms with Gasteiger partial charge in [0.25, 0.3) is 0 Å². The van der Waals surface area contributed by atoms with Crippen LogP contribution in [0, 0.1) is 0 Å². The molecule has 0 aliphatic heterocycles. The largest absolute Gasteiger partial charge is 0.397 e. The molecule has 0 radical (unpaired) electrons. The number of carbonyl (C=O) groups excluding carboxylic acids is 2. The molecule has 4 nitrogen and oxygen atoms in total. The topological polar surface area (TPSA) is 52.6 Å². The molecule has 0 saturated heterocycles. The minimum Gasteiger partial charge on any atom is -0.397 e. The number of rotatable bonds is 7. The summed E-state index contributed by atoms with van der Waals surface area (Å²) >= 11 is 0. The van der Waals surface area contributed by atoms with Crippen molar-refractivity contribution in [2.45, 2.75) is 38.8 Å². The molecule has 0 aliphatic rings. The Bertz CT molecular complexity index is 227. The zero-order valence-corrected chi connectivity index (χ0v) is 11.1. The van der Waals surface area contributed by atoms with Crippen LogP contribution in [-0.2, 0) is 18.4 Å². The van der Waals surface area contributed by atoms with Crippen LogP contribution >= 0.6 is 0 Å². The van der Waals surface area contributed by atoms with Gasteiger partial charge in [0.2, 0.25) is 0 Å². The molecule has 0 heterocycles. The molecule has 0 aromatic rings. The first-order valence-corrected chi connectivity index (χ1v) is 7.22. The SMILES string of the molecule is CCC(=O)C(C(C)=O)[Si](CC)(OC)OC. The van der Waals surface area contributed by atoms with Gasteiger partial charge in [0.1, 0.15) is 17.1 Å². The maximum atomic E-state index is 11.7. The Morgan fingerprint density at radius 1 is 1.20 bits per heavy atom. The van der Waals surface area contributed by atoms with Gasteiger partial charge in [0.05, 0.1) is 0 Å². The third kappa shape index (κ3) is 2.96. The summed E-state index contributed by atoms with van der Waals surface area (Å²) in [7, 11) is 0.331. The molecule has 0 N–H and O–H groups in total. The summed E-state index contributed by atoms with van der Waals surface area (Å²) < 4.78 is 10.7. The molecule has 15 heavy (non-hydrogen) atoms. The van der Waals surface area contributed by atoms with Crippen molar-refractivity contribution in [1.82, 2.24) is 0 Å². The molecule has 0 amide bonds. The normalized spacial score (nSPS) is 13.7. The second kappa shape index (κ2) is 6.15. The maximum Gasteiger partial charge on any atom is 0.355 e. The van der Waals surface area contributed by atoms with Crippen LogP contribution in [0.1, 0.15) is 27.2 Å². The van der Waals surface area contributed by atoms with Crippen LogP contribution in [0.15, 0.2) is 0 Å². The number of Topliss-reactive ketones (excluding diaryl/α,β-unsaturated/α-hetero) is 2. The van der Waals surface area contributed by atoms with E-state index in [0.29, 0.717) is 12.5 Å². The van der Waals surface area contributed by atoms with Crippen molar-refractivity contribution in [2.75, 3.05) is 14.2 Å². The van der Waals surface area contributed by atoms with Crippen molar-refractivity contribution >= 4 is 20.1 Å². The van der Waals surface area contributed by atoms with Gasteiger partial charge in [0.15, 0.2) is 0 Å². The number of ketones is 2. The fraction of sp³-hybridized carbons (Fsp3) is 0.800. The standard InChI is InChI=1S/C10H20O4Si/c1-6-9(12)10(8(3)11)15(7-2,13-4)14-5/h10H,6-7H2,1-5H3. The molecule has 88 valence electrons. The van der Waals surface area contributed by atoms with Crippen LogP contribution < -0.4 is 0 Å². The van der Waals surface area contributed by atoms with Crippen molar-refractivity contribution < 1.29 is 18.4 Å². The molecule has 0 aromatic heterocycles. The molecule has 0 fully saturated rings. The summed E-state index contributed by atoms with van der Waals surface area (Å²) in [6.45, 7) is 5.06. The summed E-state index contributed by atoms with van der Waals surface area (Å²) in [6, 6.07) is 0.593. The van der Waals surface area contributed by atoms with Gasteiger partial charge in [-0.3, -0.25) is 9.59 Å². The second-order valence-electron chi connectivity index (χ2n) is 3.44. The quantitative estimate of drug-likeness (QED) is 0.495. The molecule has 0 rings (SSSR count). The van der Waals surface area contributed by atoms with Crippen molar-refractivity contribution in [2.24, 2.45) is 0 Å². The lowest BCUT2D eigenvalue weighted by atomic mass is 10.2. The molecule has 0 aromatic carbocycles. The van der Waals surface area contributed by atoms with E-state index in [0.717, 1.165) is 0 Å². The molecule has 0 bridgehead atoms. The van der Waals surface area contributed by atoms with E-state index in [9.17, 15) is 9.59 Å². The summed E-state index contributed by atoms with van der Waals surface area (Å²) in [5.74, 6) is -0.237. The highest BCUT2D eigenvalue weighted by Gasteiger charge is 2.49. The van der Waals surface area contributed by atoms with Gasteiger partial charge >= 0.3 is 8.56 Å². The van der Waals surface area contributed by atoms with Crippen LogP contribution in [-0.4, -0.2) is 34.3 Å². The van der Waals surface area contributed by atoms with Crippen LogP contribution in [0.25, 0.3) is 0 Å². The zero-order valence-electron chi connectivity index (χ0n) is 10.1. The first-order chi connectivity index (χ1) is 6.98. The molecule has 1 unspecified atom stereocenters. The Morgan fingerprint density at radius 2 is 1.67 bits per heavy atom. The monoisotopic (exact) mass is 232 g/mol. The summed E-state index contributed by atoms with van der Waals surface area (Å²) in [5.41, 5.74) is -0.692. The van der Waals surface area contributed by atoms with Gasteiger partial charge in [-0.25, -0.2) is 0 Å². The average molecular weight is 232 g/mol. The van der Waals surface area contributed by atoms with Gasteiger partial charge in [-0.15, -0.1) is 0 Å². The lowest BCUT2D eigenvalue weighted by Gasteiger charge is -2.31. The summed E-state index contributed by atoms with van der Waals surface area (Å²) in [6.07, 6.45) is 0.339. The Morgan fingerprint density at radius 3 is 1.87 bits per heavy atom. The van der Waals surface area contributed by atoms with E-state index in [-0.39, 0.29) is 11.6 Å². The highest BCUT2D eigenvalue weighted by atomic mass is 28.4. The Hall–Kier alpha value is -0.523. The van der Waals surface area contributed by atoms with Gasteiger partial charge in [-0.2, -0.15) is 0 Å². The van der Waals surface area contributed by atoms with Crippen molar-refractivity contribution in [1.29, 1.82) is 0 Å². The molecule has 5 heteroatoms. The Labute approximate surface area is 92.2 Å². The minimum atomic E-state index is -2.69. The molecule has 1 atom stereocenters. The average Bonchev–Trinajstić information content (AvgIpc) is 2.24.